The number of nitrogen functional groups attached to an aromatic ring is 1. The first-order chi connectivity index (χ1) is 4.61. The summed E-state index contributed by atoms with van der Waals surface area (Å²) in [5.41, 5.74) is 5.58. The van der Waals surface area contributed by atoms with Crippen LogP contribution in [0.5, 0.6) is 0 Å². The van der Waals surface area contributed by atoms with Gasteiger partial charge in [-0.05, 0) is 12.1 Å². The van der Waals surface area contributed by atoms with E-state index in [0.717, 1.165) is 0 Å². The van der Waals surface area contributed by atoms with Gasteiger partial charge in [0, 0.05) is 0 Å². The van der Waals surface area contributed by atoms with Gasteiger partial charge in [0.15, 0.2) is 0 Å². The number of rotatable bonds is 0. The molecule has 0 fully saturated rings. The highest BCUT2D eigenvalue weighted by molar-refractivity contribution is 6.33. The lowest BCUT2D eigenvalue weighted by Crippen LogP contribution is -1.82. The number of nitrogens with two attached hydrogens (primary N) is 1. The first-order valence-corrected chi connectivity index (χ1v) is 2.51. The van der Waals surface area contributed by atoms with Crippen molar-refractivity contribution in [3.05, 3.63) is 29.2 Å². The molecule has 0 aliphatic carbocycles. The molecule has 0 heterocycles. The Morgan fingerprint density at radius 1 is 1.75 bits per heavy atom. The van der Waals surface area contributed by atoms with Crippen molar-refractivity contribution in [2.75, 3.05) is 5.73 Å². The van der Waals surface area contributed by atoms with Crippen LogP contribution in [0.15, 0.2) is 24.2 Å². The monoisotopic (exact) mass is 129 g/mol. The van der Waals surface area contributed by atoms with Crippen LogP contribution in [0.2, 0.25) is 5.02 Å². The molecule has 0 atom stereocenters. The molecule has 8 heavy (non-hydrogen) atoms. The molecular weight excluding hydrogens is 122 g/mol. The van der Waals surface area contributed by atoms with Gasteiger partial charge >= 0.3 is 0 Å². The van der Waals surface area contributed by atoms with Gasteiger partial charge in [0.1, 0.15) is 0 Å². The zero-order valence-corrected chi connectivity index (χ0v) is 4.87. The maximum absolute atomic E-state index is 7.17. The van der Waals surface area contributed by atoms with E-state index in [1.54, 1.807) is 0 Å². The maximum atomic E-state index is 7.17. The Kier molecular flexibility index (Phi) is 0.862. The Morgan fingerprint density at radius 3 is 3.12 bits per heavy atom. The minimum atomic E-state index is 0.109. The van der Waals surface area contributed by atoms with Gasteiger partial charge < -0.3 is 5.73 Å². The van der Waals surface area contributed by atoms with Crippen molar-refractivity contribution >= 4 is 17.3 Å². The molecule has 1 nitrogen and oxygen atoms in total. The second-order valence-electron chi connectivity index (χ2n) is 1.36. The zero-order chi connectivity index (χ0) is 7.72. The van der Waals surface area contributed by atoms with Crippen molar-refractivity contribution in [1.82, 2.24) is 0 Å². The lowest BCUT2D eigenvalue weighted by Gasteiger charge is -1.91. The van der Waals surface area contributed by atoms with E-state index in [-0.39, 0.29) is 22.8 Å². The summed E-state index contributed by atoms with van der Waals surface area (Å²) in [4.78, 5) is 0. The van der Waals surface area contributed by atoms with E-state index >= 15 is 0 Å². The van der Waals surface area contributed by atoms with Gasteiger partial charge in [0.05, 0.1) is 13.5 Å². The highest BCUT2D eigenvalue weighted by Crippen LogP contribution is 2.15. The summed E-state index contributed by atoms with van der Waals surface area (Å²) in [5, 5.41) is 0.275. The maximum Gasteiger partial charge on any atom is 0.0645 e. The number of hydrogen-bond donors (Lipinski definition) is 1. The van der Waals surface area contributed by atoms with Gasteiger partial charge in [0.25, 0.3) is 0 Å². The fourth-order valence-electron chi connectivity index (χ4n) is 0.381. The van der Waals surface area contributed by atoms with Gasteiger partial charge in [-0.2, -0.15) is 0 Å². The SMILES string of the molecule is [2H]c1cc([2H])c(N)c(Cl)c1. The van der Waals surface area contributed by atoms with Crippen LogP contribution >= 0.6 is 11.6 Å². The van der Waals surface area contributed by atoms with Gasteiger partial charge in [-0.3, -0.25) is 0 Å². The molecule has 42 valence electrons. The fourth-order valence-corrected chi connectivity index (χ4v) is 0.498. The number of para-hydroxylation sites is 1. The Bertz CT molecular complexity index is 239. The molecule has 0 aliphatic heterocycles. The van der Waals surface area contributed by atoms with Crippen LogP contribution < -0.4 is 5.73 Å². The number of anilines is 1. The van der Waals surface area contributed by atoms with Crippen molar-refractivity contribution in [3.8, 4) is 0 Å². The van der Waals surface area contributed by atoms with Gasteiger partial charge in [-0.25, -0.2) is 0 Å². The minimum absolute atomic E-state index is 0.109. The summed E-state index contributed by atoms with van der Waals surface area (Å²) in [6.07, 6.45) is 0. The van der Waals surface area contributed by atoms with E-state index in [1.807, 2.05) is 0 Å². The molecule has 1 aromatic rings. The van der Waals surface area contributed by atoms with Gasteiger partial charge in [0.2, 0.25) is 0 Å². The van der Waals surface area contributed by atoms with Crippen LogP contribution in [-0.2, 0) is 0 Å². The van der Waals surface area contributed by atoms with Crippen LogP contribution in [0.1, 0.15) is 2.74 Å². The van der Waals surface area contributed by atoms with E-state index in [2.05, 4.69) is 0 Å². The summed E-state index contributed by atoms with van der Waals surface area (Å²) >= 11 is 5.55. The predicted molar refractivity (Wildman–Crippen MR) is 35.9 cm³/mol. The summed E-state index contributed by atoms with van der Waals surface area (Å²) in [7, 11) is 0. The molecular formula is C6H6ClN. The minimum Gasteiger partial charge on any atom is -0.398 e. The fraction of sp³-hybridized carbons (Fsp3) is 0. The third-order valence-corrected chi connectivity index (χ3v) is 1.09. The van der Waals surface area contributed by atoms with Crippen LogP contribution in [0.4, 0.5) is 5.69 Å². The number of benzene rings is 1. The molecule has 0 amide bonds. The zero-order valence-electron chi connectivity index (χ0n) is 6.11. The normalized spacial score (nSPS) is 12.6. The van der Waals surface area contributed by atoms with Crippen molar-refractivity contribution in [2.45, 2.75) is 0 Å². The summed E-state index contributed by atoms with van der Waals surface area (Å²) < 4.78 is 14.3. The molecule has 0 bridgehead atoms. The summed E-state index contributed by atoms with van der Waals surface area (Å²) in [6.45, 7) is 0. The van der Waals surface area contributed by atoms with E-state index in [1.165, 1.54) is 12.1 Å². The number of halogens is 1. The summed E-state index contributed by atoms with van der Waals surface area (Å²) in [5.74, 6) is 0. The van der Waals surface area contributed by atoms with Crippen LogP contribution in [0, 0.1) is 0 Å². The van der Waals surface area contributed by atoms with Crippen molar-refractivity contribution in [1.29, 1.82) is 0 Å². The lowest BCUT2D eigenvalue weighted by atomic mass is 10.3. The van der Waals surface area contributed by atoms with E-state index in [4.69, 9.17) is 20.1 Å². The molecule has 0 saturated heterocycles. The second kappa shape index (κ2) is 2.05. The standard InChI is InChI=1S/C6H6ClN/c7-5-3-1-2-4-6(5)8/h1-4H,8H2/i1D,4D. The number of hydrogen-bond acceptors (Lipinski definition) is 1. The Morgan fingerprint density at radius 2 is 2.50 bits per heavy atom. The smallest absolute Gasteiger partial charge is 0.0645 e. The molecule has 1 aromatic carbocycles. The lowest BCUT2D eigenvalue weighted by molar-refractivity contribution is 1.68. The largest absolute Gasteiger partial charge is 0.398 e. The van der Waals surface area contributed by atoms with Crippen LogP contribution in [-0.4, -0.2) is 0 Å². The average Bonchev–Trinajstić information content (AvgIpc) is 1.82. The quantitative estimate of drug-likeness (QED) is 0.533. The Labute approximate surface area is 55.9 Å². The third-order valence-electron chi connectivity index (χ3n) is 0.778. The highest BCUT2D eigenvalue weighted by Gasteiger charge is 1.87. The van der Waals surface area contributed by atoms with E-state index in [9.17, 15) is 0 Å². The second-order valence-corrected chi connectivity index (χ2v) is 1.77. The van der Waals surface area contributed by atoms with Crippen LogP contribution in [0.3, 0.4) is 0 Å². The highest BCUT2D eigenvalue weighted by atomic mass is 35.5. The van der Waals surface area contributed by atoms with Crippen molar-refractivity contribution < 1.29 is 2.74 Å². The molecule has 0 aliphatic rings. The van der Waals surface area contributed by atoms with E-state index < -0.39 is 0 Å². The Hall–Kier alpha value is -0.690. The average molecular weight is 130 g/mol. The summed E-state index contributed by atoms with van der Waals surface area (Å²) in [6, 6.07) is 3.08. The molecule has 0 unspecified atom stereocenters. The van der Waals surface area contributed by atoms with Crippen molar-refractivity contribution in [3.63, 3.8) is 0 Å². The van der Waals surface area contributed by atoms with Crippen molar-refractivity contribution in [2.24, 2.45) is 0 Å². The molecule has 0 aromatic heterocycles. The first kappa shape index (κ1) is 3.36. The molecule has 0 spiro atoms. The topological polar surface area (TPSA) is 26.0 Å². The predicted octanol–water partition coefficient (Wildman–Crippen LogP) is 1.92. The molecule has 1 rings (SSSR count). The molecule has 0 saturated carbocycles. The third kappa shape index (κ3) is 0.928. The van der Waals surface area contributed by atoms with E-state index in [0.29, 0.717) is 0 Å². The van der Waals surface area contributed by atoms with Crippen LogP contribution in [0.25, 0.3) is 0 Å². The Balaban J connectivity index is 3.31. The molecule has 2 N–H and O–H groups in total. The molecule has 0 radical (unpaired) electrons. The van der Waals surface area contributed by atoms with Gasteiger partial charge in [-0.1, -0.05) is 23.7 Å². The van der Waals surface area contributed by atoms with Gasteiger partial charge in [-0.15, -0.1) is 0 Å². The molecule has 2 heteroatoms. The first-order valence-electron chi connectivity index (χ1n) is 3.13.